The number of hydrogen-bond donors (Lipinski definition) is 2. The van der Waals surface area contributed by atoms with Crippen molar-refractivity contribution in [2.45, 2.75) is 32.2 Å². The van der Waals surface area contributed by atoms with Crippen LogP contribution in [0.2, 0.25) is 0 Å². The molecule has 0 unspecified atom stereocenters. The Hall–Kier alpha value is -1.55. The third-order valence-electron chi connectivity index (χ3n) is 3.18. The summed E-state index contributed by atoms with van der Waals surface area (Å²) in [6.45, 7) is 2.79. The second-order valence-electron chi connectivity index (χ2n) is 4.64. The fourth-order valence-corrected chi connectivity index (χ4v) is 2.18. The molecular formula is C14H20N2O2. The Morgan fingerprint density at radius 2 is 2.39 bits per heavy atom. The van der Waals surface area contributed by atoms with E-state index in [0.717, 1.165) is 25.0 Å². The molecule has 1 amide bonds. The number of nitrogens with one attached hydrogen (secondary N) is 1. The lowest BCUT2D eigenvalue weighted by Crippen LogP contribution is -2.29. The molecule has 2 rings (SSSR count). The number of amides is 1. The van der Waals surface area contributed by atoms with Gasteiger partial charge in [-0.25, -0.2) is 0 Å². The summed E-state index contributed by atoms with van der Waals surface area (Å²) in [7, 11) is 0. The third-order valence-corrected chi connectivity index (χ3v) is 3.18. The van der Waals surface area contributed by atoms with Crippen LogP contribution in [0.15, 0.2) is 18.2 Å². The van der Waals surface area contributed by atoms with Gasteiger partial charge >= 0.3 is 0 Å². The Balaban J connectivity index is 1.89. The number of benzene rings is 1. The average molecular weight is 248 g/mol. The van der Waals surface area contributed by atoms with Crippen molar-refractivity contribution >= 4 is 5.91 Å². The number of carbonyl (C=O) groups is 1. The minimum absolute atomic E-state index is 0.0742. The standard InChI is InChI=1S/C14H20N2O2/c1-2-7-16-14(17)9-18-11-4-5-12-10(8-11)3-6-13(12)15/h4-5,8,13H,2-3,6-7,9,15H2,1H3,(H,16,17)/t13-/m1/s1. The quantitative estimate of drug-likeness (QED) is 0.830. The maximum atomic E-state index is 11.4. The first kappa shape index (κ1) is 12.9. The van der Waals surface area contributed by atoms with Crippen LogP contribution in [0.3, 0.4) is 0 Å². The van der Waals surface area contributed by atoms with Crippen molar-refractivity contribution in [3.05, 3.63) is 29.3 Å². The minimum Gasteiger partial charge on any atom is -0.484 e. The van der Waals surface area contributed by atoms with Crippen molar-refractivity contribution < 1.29 is 9.53 Å². The molecule has 4 heteroatoms. The van der Waals surface area contributed by atoms with Gasteiger partial charge in [-0.2, -0.15) is 0 Å². The van der Waals surface area contributed by atoms with Gasteiger partial charge in [0.25, 0.3) is 5.91 Å². The summed E-state index contributed by atoms with van der Waals surface area (Å²) in [5.74, 6) is 0.670. The van der Waals surface area contributed by atoms with E-state index < -0.39 is 0 Å². The van der Waals surface area contributed by atoms with Crippen LogP contribution >= 0.6 is 0 Å². The van der Waals surface area contributed by atoms with E-state index >= 15 is 0 Å². The van der Waals surface area contributed by atoms with E-state index in [4.69, 9.17) is 10.5 Å². The molecule has 1 aromatic rings. The molecule has 0 fully saturated rings. The zero-order chi connectivity index (χ0) is 13.0. The predicted molar refractivity (Wildman–Crippen MR) is 70.5 cm³/mol. The SMILES string of the molecule is CCCNC(=O)COc1ccc2c(c1)CC[C@H]2N. The van der Waals surface area contributed by atoms with Crippen LogP contribution in [0.25, 0.3) is 0 Å². The maximum Gasteiger partial charge on any atom is 0.257 e. The monoisotopic (exact) mass is 248 g/mol. The van der Waals surface area contributed by atoms with Gasteiger partial charge in [-0.3, -0.25) is 4.79 Å². The number of carbonyl (C=O) groups excluding carboxylic acids is 1. The van der Waals surface area contributed by atoms with Gasteiger partial charge in [-0.05, 0) is 42.5 Å². The highest BCUT2D eigenvalue weighted by Gasteiger charge is 2.19. The second kappa shape index (κ2) is 5.87. The Kier molecular flexibility index (Phi) is 4.20. The first-order chi connectivity index (χ1) is 8.70. The highest BCUT2D eigenvalue weighted by molar-refractivity contribution is 5.77. The zero-order valence-electron chi connectivity index (χ0n) is 10.7. The molecule has 0 aliphatic heterocycles. The molecule has 4 nitrogen and oxygen atoms in total. The molecule has 3 N–H and O–H groups in total. The number of fused-ring (bicyclic) bond motifs is 1. The highest BCUT2D eigenvalue weighted by atomic mass is 16.5. The van der Waals surface area contributed by atoms with Crippen molar-refractivity contribution in [1.29, 1.82) is 0 Å². The first-order valence-electron chi connectivity index (χ1n) is 6.48. The molecule has 1 aliphatic carbocycles. The molecule has 1 aromatic carbocycles. The molecule has 98 valence electrons. The molecule has 0 aromatic heterocycles. The molecule has 0 heterocycles. The Bertz CT molecular complexity index is 432. The smallest absolute Gasteiger partial charge is 0.257 e. The van der Waals surface area contributed by atoms with Crippen LogP contribution in [-0.4, -0.2) is 19.1 Å². The summed E-state index contributed by atoms with van der Waals surface area (Å²) in [6.07, 6.45) is 2.92. The summed E-state index contributed by atoms with van der Waals surface area (Å²) in [4.78, 5) is 11.4. The highest BCUT2D eigenvalue weighted by Crippen LogP contribution is 2.31. The lowest BCUT2D eigenvalue weighted by molar-refractivity contribution is -0.123. The topological polar surface area (TPSA) is 64.3 Å². The summed E-state index contributed by atoms with van der Waals surface area (Å²) in [5, 5.41) is 2.78. The number of hydrogen-bond acceptors (Lipinski definition) is 3. The van der Waals surface area contributed by atoms with E-state index in [1.54, 1.807) is 0 Å². The number of aryl methyl sites for hydroxylation is 1. The fourth-order valence-electron chi connectivity index (χ4n) is 2.18. The first-order valence-corrected chi connectivity index (χ1v) is 6.48. The zero-order valence-corrected chi connectivity index (χ0v) is 10.7. The van der Waals surface area contributed by atoms with E-state index in [0.29, 0.717) is 6.54 Å². The summed E-state index contributed by atoms with van der Waals surface area (Å²) < 4.78 is 5.47. The molecule has 18 heavy (non-hydrogen) atoms. The normalized spacial score (nSPS) is 17.3. The van der Waals surface area contributed by atoms with Crippen LogP contribution in [0.4, 0.5) is 0 Å². The maximum absolute atomic E-state index is 11.4. The van der Waals surface area contributed by atoms with Crippen LogP contribution in [0, 0.1) is 0 Å². The van der Waals surface area contributed by atoms with E-state index in [1.165, 1.54) is 11.1 Å². The molecule has 0 spiro atoms. The third kappa shape index (κ3) is 3.01. The average Bonchev–Trinajstić information content (AvgIpc) is 2.75. The predicted octanol–water partition coefficient (Wildman–Crippen LogP) is 1.54. The lowest BCUT2D eigenvalue weighted by atomic mass is 10.1. The van der Waals surface area contributed by atoms with Crippen molar-refractivity contribution in [2.75, 3.05) is 13.2 Å². The Morgan fingerprint density at radius 3 is 3.17 bits per heavy atom. The van der Waals surface area contributed by atoms with Gasteiger partial charge < -0.3 is 15.8 Å². The number of ether oxygens (including phenoxy) is 1. The van der Waals surface area contributed by atoms with Gasteiger partial charge in [-0.1, -0.05) is 13.0 Å². The van der Waals surface area contributed by atoms with Gasteiger partial charge in [0, 0.05) is 12.6 Å². The van der Waals surface area contributed by atoms with Gasteiger partial charge in [-0.15, -0.1) is 0 Å². The lowest BCUT2D eigenvalue weighted by Gasteiger charge is -2.09. The van der Waals surface area contributed by atoms with Crippen molar-refractivity contribution in [2.24, 2.45) is 5.73 Å². The summed E-state index contributed by atoms with van der Waals surface area (Å²) in [6, 6.07) is 6.04. The second-order valence-corrected chi connectivity index (χ2v) is 4.64. The molecular weight excluding hydrogens is 228 g/mol. The Morgan fingerprint density at radius 1 is 1.56 bits per heavy atom. The minimum atomic E-state index is -0.0750. The molecule has 0 saturated heterocycles. The molecule has 0 saturated carbocycles. The van der Waals surface area contributed by atoms with E-state index in [2.05, 4.69) is 5.32 Å². The summed E-state index contributed by atoms with van der Waals surface area (Å²) in [5.41, 5.74) is 8.42. The fraction of sp³-hybridized carbons (Fsp3) is 0.500. The van der Waals surface area contributed by atoms with Crippen LogP contribution in [-0.2, 0) is 11.2 Å². The summed E-state index contributed by atoms with van der Waals surface area (Å²) >= 11 is 0. The molecule has 0 bridgehead atoms. The van der Waals surface area contributed by atoms with Gasteiger partial charge in [0.1, 0.15) is 5.75 Å². The number of nitrogens with two attached hydrogens (primary N) is 1. The Labute approximate surface area is 108 Å². The van der Waals surface area contributed by atoms with Crippen LogP contribution < -0.4 is 15.8 Å². The van der Waals surface area contributed by atoms with Crippen LogP contribution in [0.1, 0.15) is 36.9 Å². The van der Waals surface area contributed by atoms with E-state index in [-0.39, 0.29) is 18.6 Å². The van der Waals surface area contributed by atoms with Crippen molar-refractivity contribution in [3.8, 4) is 5.75 Å². The van der Waals surface area contributed by atoms with Gasteiger partial charge in [0.15, 0.2) is 6.61 Å². The van der Waals surface area contributed by atoms with E-state index in [9.17, 15) is 4.79 Å². The molecule has 1 atom stereocenters. The van der Waals surface area contributed by atoms with Crippen molar-refractivity contribution in [1.82, 2.24) is 5.32 Å². The molecule has 0 radical (unpaired) electrons. The number of rotatable bonds is 5. The van der Waals surface area contributed by atoms with Gasteiger partial charge in [0.05, 0.1) is 0 Å². The van der Waals surface area contributed by atoms with Gasteiger partial charge in [0.2, 0.25) is 0 Å². The molecule has 1 aliphatic rings. The van der Waals surface area contributed by atoms with E-state index in [1.807, 2.05) is 25.1 Å². The van der Waals surface area contributed by atoms with Crippen molar-refractivity contribution in [3.63, 3.8) is 0 Å². The van der Waals surface area contributed by atoms with Crippen LogP contribution in [0.5, 0.6) is 5.75 Å². The largest absolute Gasteiger partial charge is 0.484 e.